The van der Waals surface area contributed by atoms with Gasteiger partial charge in [-0.2, -0.15) is 0 Å². The lowest BCUT2D eigenvalue weighted by Gasteiger charge is -2.22. The van der Waals surface area contributed by atoms with E-state index in [-0.39, 0.29) is 0 Å². The van der Waals surface area contributed by atoms with E-state index < -0.39 is 0 Å². The quantitative estimate of drug-likeness (QED) is 0.686. The minimum atomic E-state index is 0.382. The molecule has 0 aromatic heterocycles. The van der Waals surface area contributed by atoms with Gasteiger partial charge in [-0.05, 0) is 57.7 Å². The van der Waals surface area contributed by atoms with Gasteiger partial charge in [0, 0.05) is 11.1 Å². The van der Waals surface area contributed by atoms with Gasteiger partial charge in [-0.25, -0.2) is 0 Å². The van der Waals surface area contributed by atoms with E-state index in [1.165, 1.54) is 31.4 Å². The average molecular weight is 283 g/mol. The van der Waals surface area contributed by atoms with Crippen LogP contribution in [-0.2, 0) is 0 Å². The minimum Gasteiger partial charge on any atom is -0.313 e. The Morgan fingerprint density at radius 3 is 2.68 bits per heavy atom. The van der Waals surface area contributed by atoms with Crippen LogP contribution < -0.4 is 5.32 Å². The van der Waals surface area contributed by atoms with Crippen LogP contribution in [0.3, 0.4) is 0 Å². The molecule has 0 heterocycles. The molecule has 0 saturated carbocycles. The third kappa shape index (κ3) is 6.42. The zero-order valence-electron chi connectivity index (χ0n) is 12.5. The van der Waals surface area contributed by atoms with Crippen molar-refractivity contribution >= 4 is 11.6 Å². The second-order valence-electron chi connectivity index (χ2n) is 5.20. The number of rotatable bonds is 9. The van der Waals surface area contributed by atoms with Crippen LogP contribution in [0.4, 0.5) is 0 Å². The predicted octanol–water partition coefficient (Wildman–Crippen LogP) is 4.11. The van der Waals surface area contributed by atoms with Crippen LogP contribution in [0.2, 0.25) is 5.02 Å². The third-order valence-electron chi connectivity index (χ3n) is 3.54. The van der Waals surface area contributed by atoms with Crippen molar-refractivity contribution in [1.82, 2.24) is 10.2 Å². The first-order valence-electron chi connectivity index (χ1n) is 7.28. The fourth-order valence-electron chi connectivity index (χ4n) is 2.29. The van der Waals surface area contributed by atoms with Crippen molar-refractivity contribution in [2.24, 2.45) is 0 Å². The summed E-state index contributed by atoms with van der Waals surface area (Å²) in [6.45, 7) is 4.55. The SMILES string of the molecule is CCCCCN(C)CCC(NC)c1cccc(Cl)c1. The molecule has 0 aliphatic rings. The number of unbranched alkanes of at least 4 members (excludes halogenated alkanes) is 2. The van der Waals surface area contributed by atoms with Gasteiger partial charge in [0.2, 0.25) is 0 Å². The first-order valence-corrected chi connectivity index (χ1v) is 7.66. The standard InChI is InChI=1S/C16H27ClN2/c1-4-5-6-11-19(3)12-10-16(18-2)14-8-7-9-15(17)13-14/h7-9,13,16,18H,4-6,10-12H2,1-3H3. The maximum absolute atomic E-state index is 6.05. The van der Waals surface area contributed by atoms with Crippen LogP contribution in [0.25, 0.3) is 0 Å². The van der Waals surface area contributed by atoms with E-state index in [0.717, 1.165) is 18.0 Å². The Morgan fingerprint density at radius 2 is 2.05 bits per heavy atom. The molecule has 0 saturated heterocycles. The summed E-state index contributed by atoms with van der Waals surface area (Å²) < 4.78 is 0. The zero-order chi connectivity index (χ0) is 14.1. The van der Waals surface area contributed by atoms with Crippen LogP contribution in [0.1, 0.15) is 44.2 Å². The lowest BCUT2D eigenvalue weighted by Crippen LogP contribution is -2.26. The van der Waals surface area contributed by atoms with Gasteiger partial charge < -0.3 is 10.2 Å². The zero-order valence-corrected chi connectivity index (χ0v) is 13.2. The van der Waals surface area contributed by atoms with Crippen LogP contribution in [0, 0.1) is 0 Å². The minimum absolute atomic E-state index is 0.382. The highest BCUT2D eigenvalue weighted by Gasteiger charge is 2.10. The van der Waals surface area contributed by atoms with Crippen LogP contribution in [-0.4, -0.2) is 32.1 Å². The van der Waals surface area contributed by atoms with Crippen molar-refractivity contribution in [3.8, 4) is 0 Å². The van der Waals surface area contributed by atoms with Gasteiger partial charge in [-0.15, -0.1) is 0 Å². The molecule has 0 amide bonds. The molecule has 0 aliphatic heterocycles. The molecule has 1 atom stereocenters. The molecule has 1 aromatic rings. The predicted molar refractivity (Wildman–Crippen MR) is 84.9 cm³/mol. The Morgan fingerprint density at radius 1 is 1.26 bits per heavy atom. The molecule has 2 nitrogen and oxygen atoms in total. The van der Waals surface area contributed by atoms with Crippen molar-refractivity contribution in [3.63, 3.8) is 0 Å². The maximum atomic E-state index is 6.05. The first-order chi connectivity index (χ1) is 9.17. The van der Waals surface area contributed by atoms with Gasteiger partial charge >= 0.3 is 0 Å². The summed E-state index contributed by atoms with van der Waals surface area (Å²) in [5.74, 6) is 0. The second kappa shape index (κ2) is 9.35. The summed E-state index contributed by atoms with van der Waals surface area (Å²) in [6, 6.07) is 8.53. The van der Waals surface area contributed by atoms with Gasteiger partial charge in [0.05, 0.1) is 0 Å². The van der Waals surface area contributed by atoms with E-state index in [9.17, 15) is 0 Å². The van der Waals surface area contributed by atoms with Gasteiger partial charge in [-0.1, -0.05) is 43.5 Å². The lowest BCUT2D eigenvalue weighted by atomic mass is 10.0. The second-order valence-corrected chi connectivity index (χ2v) is 5.63. The van der Waals surface area contributed by atoms with E-state index in [1.54, 1.807) is 0 Å². The summed E-state index contributed by atoms with van der Waals surface area (Å²) in [4.78, 5) is 2.42. The number of halogens is 1. The van der Waals surface area contributed by atoms with Gasteiger partial charge in [0.1, 0.15) is 0 Å². The highest BCUT2D eigenvalue weighted by atomic mass is 35.5. The smallest absolute Gasteiger partial charge is 0.0409 e. The van der Waals surface area contributed by atoms with E-state index in [4.69, 9.17) is 11.6 Å². The number of hydrogen-bond donors (Lipinski definition) is 1. The molecule has 1 rings (SSSR count). The highest BCUT2D eigenvalue weighted by molar-refractivity contribution is 6.30. The molecular weight excluding hydrogens is 256 g/mol. The molecule has 0 fully saturated rings. The van der Waals surface area contributed by atoms with Crippen molar-refractivity contribution in [3.05, 3.63) is 34.9 Å². The number of hydrogen-bond acceptors (Lipinski definition) is 2. The first kappa shape index (κ1) is 16.5. The number of nitrogens with one attached hydrogen (secondary N) is 1. The number of benzene rings is 1. The molecule has 0 aliphatic carbocycles. The molecular formula is C16H27ClN2. The number of nitrogens with zero attached hydrogens (tertiary/aromatic N) is 1. The van der Waals surface area contributed by atoms with Crippen molar-refractivity contribution in [2.45, 2.75) is 38.6 Å². The monoisotopic (exact) mass is 282 g/mol. The topological polar surface area (TPSA) is 15.3 Å². The molecule has 0 bridgehead atoms. The molecule has 19 heavy (non-hydrogen) atoms. The molecule has 0 spiro atoms. The normalized spacial score (nSPS) is 12.9. The van der Waals surface area contributed by atoms with Crippen LogP contribution in [0.5, 0.6) is 0 Å². The highest BCUT2D eigenvalue weighted by Crippen LogP contribution is 2.20. The van der Waals surface area contributed by atoms with Crippen LogP contribution in [0.15, 0.2) is 24.3 Å². The third-order valence-corrected chi connectivity index (χ3v) is 3.78. The summed E-state index contributed by atoms with van der Waals surface area (Å²) >= 11 is 6.05. The van der Waals surface area contributed by atoms with E-state index >= 15 is 0 Å². The Labute approximate surface area is 123 Å². The van der Waals surface area contributed by atoms with E-state index in [0.29, 0.717) is 6.04 Å². The maximum Gasteiger partial charge on any atom is 0.0409 e. The summed E-state index contributed by atoms with van der Waals surface area (Å²) in [7, 11) is 4.23. The summed E-state index contributed by atoms with van der Waals surface area (Å²) in [5, 5.41) is 4.20. The van der Waals surface area contributed by atoms with Crippen molar-refractivity contribution in [2.75, 3.05) is 27.2 Å². The fourth-order valence-corrected chi connectivity index (χ4v) is 2.49. The summed E-state index contributed by atoms with van der Waals surface area (Å²) in [5.41, 5.74) is 1.27. The average Bonchev–Trinajstić information content (AvgIpc) is 2.40. The van der Waals surface area contributed by atoms with Crippen LogP contribution >= 0.6 is 11.6 Å². The van der Waals surface area contributed by atoms with E-state index in [1.807, 2.05) is 19.2 Å². The summed E-state index contributed by atoms with van der Waals surface area (Å²) in [6.07, 6.45) is 5.03. The van der Waals surface area contributed by atoms with E-state index in [2.05, 4.69) is 36.3 Å². The van der Waals surface area contributed by atoms with Crippen molar-refractivity contribution in [1.29, 1.82) is 0 Å². The lowest BCUT2D eigenvalue weighted by molar-refractivity contribution is 0.304. The fraction of sp³-hybridized carbons (Fsp3) is 0.625. The Balaban J connectivity index is 2.40. The largest absolute Gasteiger partial charge is 0.313 e. The molecule has 1 unspecified atom stereocenters. The Bertz CT molecular complexity index is 354. The van der Waals surface area contributed by atoms with Gasteiger partial charge in [0.25, 0.3) is 0 Å². The molecule has 1 N–H and O–H groups in total. The van der Waals surface area contributed by atoms with Crippen molar-refractivity contribution < 1.29 is 0 Å². The molecule has 1 aromatic carbocycles. The molecule has 0 radical (unpaired) electrons. The van der Waals surface area contributed by atoms with Gasteiger partial charge in [-0.3, -0.25) is 0 Å². The van der Waals surface area contributed by atoms with Gasteiger partial charge in [0.15, 0.2) is 0 Å². The Hall–Kier alpha value is -0.570. The molecule has 3 heteroatoms. The molecule has 108 valence electrons. The Kier molecular flexibility index (Phi) is 8.11.